The molecule has 28 heavy (non-hydrogen) atoms. The fourth-order valence-electron chi connectivity index (χ4n) is 4.38. The van der Waals surface area contributed by atoms with E-state index in [9.17, 15) is 9.90 Å². The summed E-state index contributed by atoms with van der Waals surface area (Å²) in [4.78, 5) is 18.4. The van der Waals surface area contributed by atoms with E-state index >= 15 is 0 Å². The Balaban J connectivity index is 1.27. The molecule has 5 rings (SSSR count). The number of hydrogen-bond donors (Lipinski definition) is 1. The predicted molar refractivity (Wildman–Crippen MR) is 102 cm³/mol. The van der Waals surface area contributed by atoms with E-state index in [2.05, 4.69) is 23.2 Å². The third-order valence-corrected chi connectivity index (χ3v) is 5.96. The Bertz CT molecular complexity index is 919. The van der Waals surface area contributed by atoms with Crippen LogP contribution in [0.5, 0.6) is 0 Å². The van der Waals surface area contributed by atoms with E-state index in [4.69, 9.17) is 9.47 Å². The number of fused-ring (bicyclic) bond motifs is 2. The minimum Gasteiger partial charge on any atom is -0.448 e. The van der Waals surface area contributed by atoms with Gasteiger partial charge in [-0.25, -0.2) is 0 Å². The summed E-state index contributed by atoms with van der Waals surface area (Å²) in [6.07, 6.45) is -0.397. The summed E-state index contributed by atoms with van der Waals surface area (Å²) < 4.78 is 12.0. The maximum Gasteiger partial charge on any atom is 0.296 e. The van der Waals surface area contributed by atoms with E-state index in [1.54, 1.807) is 12.1 Å². The normalized spacial score (nSPS) is 24.0. The zero-order chi connectivity index (χ0) is 19.1. The molecule has 1 fully saturated rings. The second-order valence-electron chi connectivity index (χ2n) is 7.55. The largest absolute Gasteiger partial charge is 0.448 e. The number of aliphatic hydroxyl groups is 1. The Hall–Kier alpha value is -2.70. The van der Waals surface area contributed by atoms with Crippen molar-refractivity contribution in [2.24, 2.45) is 4.99 Å². The standard InChI is InChI=1S/C22H22N2O4/c25-18(15-6-2-1-3-7-15)19-20(26)23-21(28-19)24-12-10-22(11-13-24)17-9-5-4-8-16(17)14-27-22/h1-9,18-19,25H,10-14H2. The van der Waals surface area contributed by atoms with Crippen molar-refractivity contribution in [2.75, 3.05) is 13.1 Å². The molecule has 0 radical (unpaired) electrons. The number of carbonyl (C=O) groups is 1. The van der Waals surface area contributed by atoms with Crippen LogP contribution < -0.4 is 0 Å². The summed E-state index contributed by atoms with van der Waals surface area (Å²) in [5.41, 5.74) is 2.93. The number of hydrogen-bond acceptors (Lipinski definition) is 5. The molecule has 3 aliphatic rings. The number of aliphatic hydroxyl groups excluding tert-OH is 1. The molecular weight excluding hydrogens is 356 g/mol. The van der Waals surface area contributed by atoms with Crippen LogP contribution in [0.3, 0.4) is 0 Å². The Morgan fingerprint density at radius 3 is 2.57 bits per heavy atom. The smallest absolute Gasteiger partial charge is 0.296 e. The first kappa shape index (κ1) is 17.4. The van der Waals surface area contributed by atoms with Gasteiger partial charge in [0.2, 0.25) is 6.10 Å². The molecule has 0 aliphatic carbocycles. The Kier molecular flexibility index (Phi) is 4.18. The molecule has 6 nitrogen and oxygen atoms in total. The van der Waals surface area contributed by atoms with Crippen LogP contribution in [-0.2, 0) is 26.5 Å². The highest BCUT2D eigenvalue weighted by Crippen LogP contribution is 2.44. The van der Waals surface area contributed by atoms with Gasteiger partial charge in [-0.1, -0.05) is 54.6 Å². The van der Waals surface area contributed by atoms with Gasteiger partial charge in [0.05, 0.1) is 12.2 Å². The Morgan fingerprint density at radius 1 is 1.07 bits per heavy atom. The number of likely N-dealkylation sites (tertiary alicyclic amines) is 1. The van der Waals surface area contributed by atoms with E-state index in [-0.39, 0.29) is 5.60 Å². The number of benzene rings is 2. The molecule has 144 valence electrons. The molecule has 1 amide bonds. The lowest BCUT2D eigenvalue weighted by atomic mass is 9.84. The quantitative estimate of drug-likeness (QED) is 0.870. The number of nitrogens with zero attached hydrogens (tertiary/aromatic N) is 2. The van der Waals surface area contributed by atoms with E-state index < -0.39 is 18.1 Å². The molecule has 0 aromatic heterocycles. The van der Waals surface area contributed by atoms with Crippen LogP contribution in [0.15, 0.2) is 59.6 Å². The monoisotopic (exact) mass is 378 g/mol. The Labute approximate surface area is 163 Å². The molecule has 0 bridgehead atoms. The topological polar surface area (TPSA) is 71.4 Å². The van der Waals surface area contributed by atoms with Gasteiger partial charge in [0, 0.05) is 13.1 Å². The predicted octanol–water partition coefficient (Wildman–Crippen LogP) is 2.52. The van der Waals surface area contributed by atoms with E-state index in [1.807, 2.05) is 29.2 Å². The Morgan fingerprint density at radius 2 is 1.79 bits per heavy atom. The van der Waals surface area contributed by atoms with Crippen molar-refractivity contribution in [3.8, 4) is 0 Å². The van der Waals surface area contributed by atoms with Gasteiger partial charge >= 0.3 is 0 Å². The number of amidine groups is 1. The zero-order valence-corrected chi connectivity index (χ0v) is 15.5. The first-order chi connectivity index (χ1) is 13.7. The van der Waals surface area contributed by atoms with Gasteiger partial charge < -0.3 is 19.5 Å². The SMILES string of the molecule is O=C1N=C(N2CCC3(CC2)OCc2ccccc23)OC1C(O)c1ccccc1. The fourth-order valence-corrected chi connectivity index (χ4v) is 4.38. The van der Waals surface area contributed by atoms with Gasteiger partial charge in [-0.15, -0.1) is 0 Å². The van der Waals surface area contributed by atoms with Crippen LogP contribution in [0.2, 0.25) is 0 Å². The van der Waals surface area contributed by atoms with Gasteiger partial charge in [-0.05, 0) is 29.5 Å². The lowest BCUT2D eigenvalue weighted by molar-refractivity contribution is -0.127. The maximum atomic E-state index is 12.3. The lowest BCUT2D eigenvalue weighted by Gasteiger charge is -2.39. The highest BCUT2D eigenvalue weighted by molar-refractivity contribution is 5.99. The molecule has 1 N–H and O–H groups in total. The van der Waals surface area contributed by atoms with E-state index in [0.717, 1.165) is 12.8 Å². The number of aliphatic imine (C=N–C) groups is 1. The van der Waals surface area contributed by atoms with Crippen LogP contribution in [0.4, 0.5) is 0 Å². The van der Waals surface area contributed by atoms with E-state index in [0.29, 0.717) is 31.3 Å². The molecule has 3 heterocycles. The minimum absolute atomic E-state index is 0.251. The van der Waals surface area contributed by atoms with Crippen LogP contribution in [0, 0.1) is 0 Å². The molecule has 3 aliphatic heterocycles. The van der Waals surface area contributed by atoms with Gasteiger partial charge in [-0.2, -0.15) is 4.99 Å². The summed E-state index contributed by atoms with van der Waals surface area (Å²) >= 11 is 0. The summed E-state index contributed by atoms with van der Waals surface area (Å²) in [5, 5.41) is 10.5. The zero-order valence-electron chi connectivity index (χ0n) is 15.5. The lowest BCUT2D eigenvalue weighted by Crippen LogP contribution is -2.45. The summed E-state index contributed by atoms with van der Waals surface area (Å²) in [6.45, 7) is 2.03. The van der Waals surface area contributed by atoms with Crippen LogP contribution in [0.1, 0.15) is 35.6 Å². The highest BCUT2D eigenvalue weighted by Gasteiger charge is 2.45. The average Bonchev–Trinajstić information content (AvgIpc) is 3.30. The summed E-state index contributed by atoms with van der Waals surface area (Å²) in [6, 6.07) is 17.7. The van der Waals surface area contributed by atoms with Gasteiger partial charge in [-0.3, -0.25) is 4.79 Å². The minimum atomic E-state index is -1.03. The summed E-state index contributed by atoms with van der Waals surface area (Å²) in [5.74, 6) is -0.436. The van der Waals surface area contributed by atoms with Gasteiger partial charge in [0.25, 0.3) is 11.9 Å². The molecule has 1 spiro atoms. The van der Waals surface area contributed by atoms with Crippen molar-refractivity contribution in [1.82, 2.24) is 4.90 Å². The van der Waals surface area contributed by atoms with Crippen molar-refractivity contribution in [2.45, 2.75) is 37.3 Å². The van der Waals surface area contributed by atoms with E-state index in [1.165, 1.54) is 11.1 Å². The first-order valence-corrected chi connectivity index (χ1v) is 9.66. The third-order valence-electron chi connectivity index (χ3n) is 5.96. The number of piperidine rings is 1. The van der Waals surface area contributed by atoms with Crippen molar-refractivity contribution in [1.29, 1.82) is 0 Å². The second-order valence-corrected chi connectivity index (χ2v) is 7.55. The van der Waals surface area contributed by atoms with Crippen LogP contribution >= 0.6 is 0 Å². The number of ether oxygens (including phenoxy) is 2. The number of rotatable bonds is 2. The van der Waals surface area contributed by atoms with Gasteiger partial charge in [0.15, 0.2) is 0 Å². The van der Waals surface area contributed by atoms with Crippen LogP contribution in [0.25, 0.3) is 0 Å². The fraction of sp³-hybridized carbons (Fsp3) is 0.364. The third kappa shape index (κ3) is 2.80. The van der Waals surface area contributed by atoms with Gasteiger partial charge in [0.1, 0.15) is 6.10 Å². The second kappa shape index (κ2) is 6.72. The molecular formula is C22H22N2O4. The van der Waals surface area contributed by atoms with Crippen molar-refractivity contribution < 1.29 is 19.4 Å². The first-order valence-electron chi connectivity index (χ1n) is 9.66. The molecule has 2 aromatic rings. The number of carbonyl (C=O) groups excluding carboxylic acids is 1. The molecule has 0 saturated carbocycles. The van der Waals surface area contributed by atoms with Crippen molar-refractivity contribution in [3.05, 3.63) is 71.3 Å². The van der Waals surface area contributed by atoms with Crippen LogP contribution in [-0.4, -0.2) is 41.1 Å². The molecule has 6 heteroatoms. The maximum absolute atomic E-state index is 12.3. The highest BCUT2D eigenvalue weighted by atomic mass is 16.5. The van der Waals surface area contributed by atoms with Crippen molar-refractivity contribution in [3.63, 3.8) is 0 Å². The number of amides is 1. The van der Waals surface area contributed by atoms with Crippen molar-refractivity contribution >= 4 is 11.9 Å². The molecule has 2 unspecified atom stereocenters. The summed E-state index contributed by atoms with van der Waals surface area (Å²) in [7, 11) is 0. The molecule has 1 saturated heterocycles. The average molecular weight is 378 g/mol. The molecule has 2 aromatic carbocycles. The molecule has 2 atom stereocenters.